The summed E-state index contributed by atoms with van der Waals surface area (Å²) in [6.07, 6.45) is 0.931. The van der Waals surface area contributed by atoms with E-state index in [-0.39, 0.29) is 18.1 Å². The molecule has 0 saturated heterocycles. The zero-order valence-electron chi connectivity index (χ0n) is 8.46. The topological polar surface area (TPSA) is 104 Å². The summed E-state index contributed by atoms with van der Waals surface area (Å²) in [5.74, 6) is 0. The highest BCUT2D eigenvalue weighted by atomic mass is 14.7. The number of hydrogen-bond acceptors (Lipinski definition) is 4. The molecule has 0 aromatic heterocycles. The Kier molecular flexibility index (Phi) is 10.7. The number of rotatable bonds is 3. The normalized spacial score (nSPS) is 17.2. The molecule has 3 unspecified atom stereocenters. The van der Waals surface area contributed by atoms with Crippen molar-refractivity contribution in [2.75, 3.05) is 6.54 Å². The Morgan fingerprint density at radius 2 is 1.25 bits per heavy atom. The zero-order chi connectivity index (χ0) is 10.1. The van der Waals surface area contributed by atoms with Crippen molar-refractivity contribution in [1.82, 2.24) is 0 Å². The largest absolute Gasteiger partial charge is 0.330 e. The van der Waals surface area contributed by atoms with Gasteiger partial charge in [0.05, 0.1) is 0 Å². The highest BCUT2D eigenvalue weighted by molar-refractivity contribution is 4.63. The Labute approximate surface area is 75.7 Å². The molecule has 0 rings (SSSR count). The first-order chi connectivity index (χ1) is 5.41. The standard InChI is InChI=1S/2C4H12N2/c1-4(6)2-3-5;1-3(5)4(2)6/h4H,2-3,5-6H2,1H3;3-4H,5-6H2,1-2H3. The van der Waals surface area contributed by atoms with Crippen molar-refractivity contribution in [3.05, 3.63) is 0 Å². The lowest BCUT2D eigenvalue weighted by atomic mass is 10.2. The van der Waals surface area contributed by atoms with Gasteiger partial charge < -0.3 is 22.9 Å². The van der Waals surface area contributed by atoms with Gasteiger partial charge in [-0.25, -0.2) is 0 Å². The fraction of sp³-hybridized carbons (Fsp3) is 1.00. The van der Waals surface area contributed by atoms with E-state index < -0.39 is 0 Å². The molecule has 3 atom stereocenters. The third-order valence-corrected chi connectivity index (χ3v) is 1.45. The Morgan fingerprint density at radius 1 is 0.917 bits per heavy atom. The SMILES string of the molecule is CC(N)C(C)N.CC(N)CCN. The van der Waals surface area contributed by atoms with E-state index in [0.29, 0.717) is 6.54 Å². The van der Waals surface area contributed by atoms with Crippen molar-refractivity contribution in [3.8, 4) is 0 Å². The minimum Gasteiger partial charge on any atom is -0.330 e. The second kappa shape index (κ2) is 8.93. The van der Waals surface area contributed by atoms with Gasteiger partial charge in [0.15, 0.2) is 0 Å². The van der Waals surface area contributed by atoms with Crippen LogP contribution >= 0.6 is 0 Å². The van der Waals surface area contributed by atoms with E-state index in [1.54, 1.807) is 0 Å². The Bertz CT molecular complexity index is 75.1. The molecule has 0 bridgehead atoms. The predicted octanol–water partition coefficient (Wildman–Crippen LogP) is -0.637. The van der Waals surface area contributed by atoms with Gasteiger partial charge in [0.1, 0.15) is 0 Å². The van der Waals surface area contributed by atoms with E-state index >= 15 is 0 Å². The maximum atomic E-state index is 5.32. The minimum absolute atomic E-state index is 0.130. The van der Waals surface area contributed by atoms with Crippen LogP contribution in [0.25, 0.3) is 0 Å². The summed E-state index contributed by atoms with van der Waals surface area (Å²) in [4.78, 5) is 0. The molecule has 0 aliphatic rings. The molecule has 0 radical (unpaired) electrons. The van der Waals surface area contributed by atoms with Crippen LogP contribution in [0.4, 0.5) is 0 Å². The van der Waals surface area contributed by atoms with Crippen molar-refractivity contribution in [2.45, 2.75) is 45.3 Å². The number of nitrogens with two attached hydrogens (primary N) is 4. The molecule has 0 fully saturated rings. The highest BCUT2D eigenvalue weighted by Gasteiger charge is 1.96. The van der Waals surface area contributed by atoms with E-state index in [1.165, 1.54) is 0 Å². The number of hydrogen-bond donors (Lipinski definition) is 4. The monoisotopic (exact) mass is 176 g/mol. The molecule has 76 valence electrons. The fourth-order valence-corrected chi connectivity index (χ4v) is 0.263. The summed E-state index contributed by atoms with van der Waals surface area (Å²) in [6, 6.07) is 0.532. The Hall–Kier alpha value is -0.160. The van der Waals surface area contributed by atoms with Crippen LogP contribution in [-0.2, 0) is 0 Å². The molecular formula is C8H24N4. The van der Waals surface area contributed by atoms with Crippen LogP contribution in [0.3, 0.4) is 0 Å². The van der Waals surface area contributed by atoms with Gasteiger partial charge in [-0.05, 0) is 33.7 Å². The molecular weight excluding hydrogens is 152 g/mol. The minimum atomic E-state index is 0.130. The average molecular weight is 176 g/mol. The summed E-state index contributed by atoms with van der Waals surface area (Å²) < 4.78 is 0. The van der Waals surface area contributed by atoms with E-state index in [2.05, 4.69) is 0 Å². The zero-order valence-corrected chi connectivity index (χ0v) is 8.46. The molecule has 0 aromatic carbocycles. The third-order valence-electron chi connectivity index (χ3n) is 1.45. The van der Waals surface area contributed by atoms with Crippen LogP contribution in [0.15, 0.2) is 0 Å². The molecule has 0 aliphatic carbocycles. The van der Waals surface area contributed by atoms with Crippen LogP contribution < -0.4 is 22.9 Å². The fourth-order valence-electron chi connectivity index (χ4n) is 0.263. The first-order valence-electron chi connectivity index (χ1n) is 4.38. The van der Waals surface area contributed by atoms with Crippen molar-refractivity contribution < 1.29 is 0 Å². The van der Waals surface area contributed by atoms with E-state index in [9.17, 15) is 0 Å². The lowest BCUT2D eigenvalue weighted by molar-refractivity contribution is 0.603. The van der Waals surface area contributed by atoms with E-state index in [0.717, 1.165) is 6.42 Å². The predicted molar refractivity (Wildman–Crippen MR) is 54.6 cm³/mol. The quantitative estimate of drug-likeness (QED) is 0.459. The third kappa shape index (κ3) is 16.4. The second-order valence-corrected chi connectivity index (χ2v) is 3.27. The van der Waals surface area contributed by atoms with Crippen LogP contribution in [0, 0.1) is 0 Å². The molecule has 4 heteroatoms. The van der Waals surface area contributed by atoms with E-state index in [4.69, 9.17) is 22.9 Å². The Balaban J connectivity index is 0. The first kappa shape index (κ1) is 14.4. The van der Waals surface area contributed by atoms with Gasteiger partial charge >= 0.3 is 0 Å². The summed E-state index contributed by atoms with van der Waals surface area (Å²) in [5.41, 5.74) is 21.1. The van der Waals surface area contributed by atoms with Gasteiger partial charge in [0.2, 0.25) is 0 Å². The summed E-state index contributed by atoms with van der Waals surface area (Å²) in [5, 5.41) is 0. The van der Waals surface area contributed by atoms with Gasteiger partial charge in [-0.1, -0.05) is 0 Å². The lowest BCUT2D eigenvalue weighted by Gasteiger charge is -2.06. The average Bonchev–Trinajstić information content (AvgIpc) is 1.87. The summed E-state index contributed by atoms with van der Waals surface area (Å²) >= 11 is 0. The first-order valence-corrected chi connectivity index (χ1v) is 4.38. The van der Waals surface area contributed by atoms with Gasteiger partial charge in [-0.2, -0.15) is 0 Å². The lowest BCUT2D eigenvalue weighted by Crippen LogP contribution is -2.35. The van der Waals surface area contributed by atoms with Gasteiger partial charge in [0, 0.05) is 18.1 Å². The maximum Gasteiger partial charge on any atom is 0.0160 e. The maximum absolute atomic E-state index is 5.32. The second-order valence-electron chi connectivity index (χ2n) is 3.27. The molecule has 0 saturated carbocycles. The van der Waals surface area contributed by atoms with E-state index in [1.807, 2.05) is 20.8 Å². The molecule has 0 amide bonds. The van der Waals surface area contributed by atoms with Crippen molar-refractivity contribution in [3.63, 3.8) is 0 Å². The van der Waals surface area contributed by atoms with Crippen LogP contribution in [0.2, 0.25) is 0 Å². The van der Waals surface area contributed by atoms with Crippen LogP contribution in [-0.4, -0.2) is 24.7 Å². The molecule has 0 aromatic rings. The van der Waals surface area contributed by atoms with Gasteiger partial charge in [-0.3, -0.25) is 0 Å². The van der Waals surface area contributed by atoms with Gasteiger partial charge in [0.25, 0.3) is 0 Å². The highest BCUT2D eigenvalue weighted by Crippen LogP contribution is 1.78. The van der Waals surface area contributed by atoms with Gasteiger partial charge in [-0.15, -0.1) is 0 Å². The smallest absolute Gasteiger partial charge is 0.0160 e. The molecule has 0 heterocycles. The molecule has 8 N–H and O–H groups in total. The molecule has 0 aliphatic heterocycles. The van der Waals surface area contributed by atoms with Crippen LogP contribution in [0.1, 0.15) is 27.2 Å². The van der Waals surface area contributed by atoms with Crippen molar-refractivity contribution >= 4 is 0 Å². The molecule has 4 nitrogen and oxygen atoms in total. The molecule has 0 spiro atoms. The molecule has 12 heavy (non-hydrogen) atoms. The summed E-state index contributed by atoms with van der Waals surface area (Å²) in [7, 11) is 0. The van der Waals surface area contributed by atoms with Crippen molar-refractivity contribution in [1.29, 1.82) is 0 Å². The summed E-state index contributed by atoms with van der Waals surface area (Å²) in [6.45, 7) is 6.44. The Morgan fingerprint density at radius 3 is 1.25 bits per heavy atom. The van der Waals surface area contributed by atoms with Crippen molar-refractivity contribution in [2.24, 2.45) is 22.9 Å². The van der Waals surface area contributed by atoms with Crippen LogP contribution in [0.5, 0.6) is 0 Å².